The number of carboxylic acid groups (broad SMARTS) is 1. The lowest BCUT2D eigenvalue weighted by molar-refractivity contribution is -0.140. The molecule has 2 N–H and O–H groups in total. The molecule has 0 spiro atoms. The van der Waals surface area contributed by atoms with E-state index < -0.39 is 12.0 Å². The predicted octanol–water partition coefficient (Wildman–Crippen LogP) is 2.22. The zero-order chi connectivity index (χ0) is 14.7. The van der Waals surface area contributed by atoms with Crippen molar-refractivity contribution in [3.8, 4) is 11.5 Å². The van der Waals surface area contributed by atoms with Crippen molar-refractivity contribution in [1.82, 2.24) is 5.32 Å². The van der Waals surface area contributed by atoms with Crippen molar-refractivity contribution in [2.45, 2.75) is 31.8 Å². The Hall–Kier alpha value is -1.75. The molecule has 0 saturated heterocycles. The lowest BCUT2D eigenvalue weighted by Crippen LogP contribution is -2.40. The van der Waals surface area contributed by atoms with Gasteiger partial charge in [0.05, 0.1) is 14.2 Å². The summed E-state index contributed by atoms with van der Waals surface area (Å²) in [7, 11) is 3.20. The molecule has 5 heteroatoms. The minimum absolute atomic E-state index is 0.0995. The van der Waals surface area contributed by atoms with Crippen LogP contribution in [-0.2, 0) is 4.79 Å². The van der Waals surface area contributed by atoms with Crippen molar-refractivity contribution in [3.05, 3.63) is 23.8 Å². The van der Waals surface area contributed by atoms with Gasteiger partial charge in [0.1, 0.15) is 17.5 Å². The number of nitrogens with one attached hydrogen (secondary N) is 1. The van der Waals surface area contributed by atoms with E-state index in [1.807, 2.05) is 19.1 Å². The van der Waals surface area contributed by atoms with Gasteiger partial charge >= 0.3 is 5.97 Å². The van der Waals surface area contributed by atoms with Crippen LogP contribution in [0.5, 0.6) is 11.5 Å². The molecule has 2 rings (SSSR count). The quantitative estimate of drug-likeness (QED) is 0.801. The first-order chi connectivity index (χ1) is 9.56. The van der Waals surface area contributed by atoms with Crippen LogP contribution in [0, 0.1) is 5.92 Å². The molecule has 20 heavy (non-hydrogen) atoms. The van der Waals surface area contributed by atoms with Crippen LogP contribution in [0.3, 0.4) is 0 Å². The second-order valence-corrected chi connectivity index (χ2v) is 5.15. The fourth-order valence-electron chi connectivity index (χ4n) is 2.37. The topological polar surface area (TPSA) is 67.8 Å². The molecule has 2 unspecified atom stereocenters. The maximum atomic E-state index is 11.3. The van der Waals surface area contributed by atoms with E-state index in [2.05, 4.69) is 5.32 Å². The molecule has 0 aromatic heterocycles. The Balaban J connectivity index is 2.15. The maximum Gasteiger partial charge on any atom is 0.320 e. The molecule has 0 aliphatic heterocycles. The first-order valence-electron chi connectivity index (χ1n) is 6.77. The van der Waals surface area contributed by atoms with Gasteiger partial charge in [0, 0.05) is 17.7 Å². The molecule has 110 valence electrons. The Morgan fingerprint density at radius 2 is 2.05 bits per heavy atom. The van der Waals surface area contributed by atoms with Gasteiger partial charge in [-0.25, -0.2) is 0 Å². The number of rotatable bonds is 7. The SMILES string of the molecule is COc1ccc(C(C)NC(C(=O)O)C2CC2)c(OC)c1. The first kappa shape index (κ1) is 14.7. The van der Waals surface area contributed by atoms with E-state index in [0.29, 0.717) is 5.75 Å². The Morgan fingerprint density at radius 1 is 1.35 bits per heavy atom. The number of benzene rings is 1. The van der Waals surface area contributed by atoms with Crippen LogP contribution < -0.4 is 14.8 Å². The smallest absolute Gasteiger partial charge is 0.320 e. The fourth-order valence-corrected chi connectivity index (χ4v) is 2.37. The predicted molar refractivity (Wildman–Crippen MR) is 75.2 cm³/mol. The average molecular weight is 279 g/mol. The van der Waals surface area contributed by atoms with Crippen LogP contribution in [0.2, 0.25) is 0 Å². The fraction of sp³-hybridized carbons (Fsp3) is 0.533. The Morgan fingerprint density at radius 3 is 2.55 bits per heavy atom. The molecule has 1 aliphatic carbocycles. The molecule has 0 heterocycles. The van der Waals surface area contributed by atoms with Gasteiger partial charge < -0.3 is 14.6 Å². The normalized spacial score (nSPS) is 17.4. The van der Waals surface area contributed by atoms with Crippen molar-refractivity contribution >= 4 is 5.97 Å². The van der Waals surface area contributed by atoms with Gasteiger partial charge in [-0.15, -0.1) is 0 Å². The van der Waals surface area contributed by atoms with Crippen molar-refractivity contribution in [1.29, 1.82) is 0 Å². The molecule has 5 nitrogen and oxygen atoms in total. The summed E-state index contributed by atoms with van der Waals surface area (Å²) in [5.41, 5.74) is 0.931. The van der Waals surface area contributed by atoms with Crippen LogP contribution in [0.25, 0.3) is 0 Å². The molecule has 0 bridgehead atoms. The molecule has 1 fully saturated rings. The Kier molecular flexibility index (Phi) is 4.49. The van der Waals surface area contributed by atoms with Crippen molar-refractivity contribution in [2.24, 2.45) is 5.92 Å². The van der Waals surface area contributed by atoms with Gasteiger partial charge in [0.15, 0.2) is 0 Å². The van der Waals surface area contributed by atoms with E-state index in [4.69, 9.17) is 9.47 Å². The van der Waals surface area contributed by atoms with Crippen LogP contribution in [-0.4, -0.2) is 31.3 Å². The molecule has 1 aromatic rings. The Bertz CT molecular complexity index is 485. The van der Waals surface area contributed by atoms with Gasteiger partial charge in [-0.3, -0.25) is 10.1 Å². The van der Waals surface area contributed by atoms with Crippen LogP contribution in [0.15, 0.2) is 18.2 Å². The highest BCUT2D eigenvalue weighted by atomic mass is 16.5. The highest BCUT2D eigenvalue weighted by Crippen LogP contribution is 2.35. The molecular formula is C15H21NO4. The number of carboxylic acids is 1. The average Bonchev–Trinajstić information content (AvgIpc) is 3.27. The van der Waals surface area contributed by atoms with Crippen LogP contribution in [0.1, 0.15) is 31.4 Å². The summed E-state index contributed by atoms with van der Waals surface area (Å²) in [6, 6.07) is 4.97. The standard InChI is InChI=1S/C15H21NO4/c1-9(16-14(15(17)18)10-4-5-10)12-7-6-11(19-2)8-13(12)20-3/h6-10,14,16H,4-5H2,1-3H3,(H,17,18). The molecule has 1 aromatic carbocycles. The summed E-state index contributed by atoms with van der Waals surface area (Å²) in [5, 5.41) is 12.5. The van der Waals surface area contributed by atoms with Crippen molar-refractivity contribution in [3.63, 3.8) is 0 Å². The maximum absolute atomic E-state index is 11.3. The summed E-state index contributed by atoms with van der Waals surface area (Å²) in [4.78, 5) is 11.3. The lowest BCUT2D eigenvalue weighted by Gasteiger charge is -2.22. The van der Waals surface area contributed by atoms with E-state index in [9.17, 15) is 9.90 Å². The van der Waals surface area contributed by atoms with Crippen molar-refractivity contribution in [2.75, 3.05) is 14.2 Å². The zero-order valence-electron chi connectivity index (χ0n) is 12.1. The summed E-state index contributed by atoms with van der Waals surface area (Å²) in [6.07, 6.45) is 1.97. The van der Waals surface area contributed by atoms with Gasteiger partial charge in [-0.2, -0.15) is 0 Å². The number of carbonyl (C=O) groups is 1. The number of aliphatic carboxylic acids is 1. The number of hydrogen-bond acceptors (Lipinski definition) is 4. The second kappa shape index (κ2) is 6.13. The zero-order valence-corrected chi connectivity index (χ0v) is 12.1. The summed E-state index contributed by atoms with van der Waals surface area (Å²) in [5.74, 6) is 0.880. The van der Waals surface area contributed by atoms with Gasteiger partial charge in [0.25, 0.3) is 0 Å². The van der Waals surface area contributed by atoms with Gasteiger partial charge in [-0.1, -0.05) is 6.07 Å². The minimum Gasteiger partial charge on any atom is -0.497 e. The molecule has 2 atom stereocenters. The summed E-state index contributed by atoms with van der Waals surface area (Å²) < 4.78 is 10.5. The summed E-state index contributed by atoms with van der Waals surface area (Å²) in [6.45, 7) is 1.95. The number of hydrogen-bond donors (Lipinski definition) is 2. The van der Waals surface area contributed by atoms with Crippen LogP contribution in [0.4, 0.5) is 0 Å². The van der Waals surface area contributed by atoms with Gasteiger partial charge in [-0.05, 0) is 31.7 Å². The van der Waals surface area contributed by atoms with E-state index in [-0.39, 0.29) is 12.0 Å². The van der Waals surface area contributed by atoms with Gasteiger partial charge in [0.2, 0.25) is 0 Å². The van der Waals surface area contributed by atoms with E-state index in [1.165, 1.54) is 0 Å². The molecule has 0 amide bonds. The first-order valence-corrected chi connectivity index (χ1v) is 6.77. The van der Waals surface area contributed by atoms with Crippen molar-refractivity contribution < 1.29 is 19.4 Å². The van der Waals surface area contributed by atoms with E-state index in [0.717, 1.165) is 24.2 Å². The molecule has 1 aliphatic rings. The Labute approximate surface area is 118 Å². The monoisotopic (exact) mass is 279 g/mol. The third-order valence-corrected chi connectivity index (χ3v) is 3.70. The van der Waals surface area contributed by atoms with E-state index in [1.54, 1.807) is 20.3 Å². The van der Waals surface area contributed by atoms with E-state index >= 15 is 0 Å². The largest absolute Gasteiger partial charge is 0.497 e. The minimum atomic E-state index is -0.785. The highest BCUT2D eigenvalue weighted by molar-refractivity contribution is 5.74. The summed E-state index contributed by atoms with van der Waals surface area (Å²) >= 11 is 0. The third kappa shape index (κ3) is 3.22. The number of methoxy groups -OCH3 is 2. The molecular weight excluding hydrogens is 258 g/mol. The lowest BCUT2D eigenvalue weighted by atomic mass is 10.0. The van der Waals surface area contributed by atoms with Crippen LogP contribution >= 0.6 is 0 Å². The molecule has 1 saturated carbocycles. The molecule has 0 radical (unpaired) electrons. The number of ether oxygens (including phenoxy) is 2. The third-order valence-electron chi connectivity index (χ3n) is 3.70. The highest BCUT2D eigenvalue weighted by Gasteiger charge is 2.37. The second-order valence-electron chi connectivity index (χ2n) is 5.15.